The summed E-state index contributed by atoms with van der Waals surface area (Å²) < 4.78 is 26.7. The first kappa shape index (κ1) is 11.9. The van der Waals surface area contributed by atoms with Crippen LogP contribution in [0.4, 0.5) is 0 Å². The lowest BCUT2D eigenvalue weighted by Crippen LogP contribution is -2.05. The van der Waals surface area contributed by atoms with E-state index in [4.69, 9.17) is 0 Å². The second-order valence-electron chi connectivity index (χ2n) is 3.69. The van der Waals surface area contributed by atoms with Crippen LogP contribution in [0.1, 0.15) is 22.3 Å². The molecule has 0 aromatic heterocycles. The normalized spacial score (nSPS) is 11.5. The summed E-state index contributed by atoms with van der Waals surface area (Å²) in [5, 5.41) is 0. The number of nitrogens with zero attached hydrogens (tertiary/aromatic N) is 1. The minimum atomic E-state index is -3.59. The Labute approximate surface area is 90.9 Å². The predicted octanol–water partition coefficient (Wildman–Crippen LogP) is 2.31. The highest BCUT2D eigenvalue weighted by Crippen LogP contribution is 2.26. The molecule has 1 aromatic rings. The quantitative estimate of drug-likeness (QED) is 0.725. The number of rotatable bonds is 2. The van der Waals surface area contributed by atoms with E-state index >= 15 is 0 Å². The molecule has 0 saturated carbocycles. The molecule has 0 fully saturated rings. The molecule has 0 saturated heterocycles. The first-order valence-corrected chi connectivity index (χ1v) is 6.05. The van der Waals surface area contributed by atoms with Crippen LogP contribution in [-0.4, -0.2) is 15.1 Å². The van der Waals surface area contributed by atoms with Crippen LogP contribution in [0.25, 0.3) is 0 Å². The van der Waals surface area contributed by atoms with Crippen LogP contribution in [0, 0.1) is 27.7 Å². The molecule has 15 heavy (non-hydrogen) atoms. The van der Waals surface area contributed by atoms with E-state index in [1.54, 1.807) is 13.8 Å². The average molecular weight is 225 g/mol. The summed E-state index contributed by atoms with van der Waals surface area (Å²) in [5.41, 5.74) is 3.43. The fourth-order valence-electron chi connectivity index (χ4n) is 1.63. The maximum Gasteiger partial charge on any atom is 0.282 e. The zero-order valence-corrected chi connectivity index (χ0v) is 10.3. The minimum absolute atomic E-state index is 0.301. The van der Waals surface area contributed by atoms with Gasteiger partial charge in [-0.25, -0.2) is 0 Å². The lowest BCUT2D eigenvalue weighted by molar-refractivity contribution is 0.597. The molecule has 0 aliphatic heterocycles. The highest BCUT2D eigenvalue weighted by atomic mass is 32.2. The molecule has 0 unspecified atom stereocenters. The van der Waals surface area contributed by atoms with E-state index in [2.05, 4.69) is 11.1 Å². The summed E-state index contributed by atoms with van der Waals surface area (Å²) >= 11 is 0. The van der Waals surface area contributed by atoms with Crippen molar-refractivity contribution in [3.8, 4) is 0 Å². The third kappa shape index (κ3) is 1.95. The topological polar surface area (TPSA) is 46.5 Å². The van der Waals surface area contributed by atoms with Crippen molar-refractivity contribution in [2.75, 3.05) is 0 Å². The number of hydrogen-bond donors (Lipinski definition) is 0. The Morgan fingerprint density at radius 2 is 1.47 bits per heavy atom. The van der Waals surface area contributed by atoms with Crippen molar-refractivity contribution in [3.63, 3.8) is 0 Å². The summed E-state index contributed by atoms with van der Waals surface area (Å²) in [6, 6.07) is 1.98. The van der Waals surface area contributed by atoms with Gasteiger partial charge in [-0.2, -0.15) is 12.8 Å². The van der Waals surface area contributed by atoms with Crippen LogP contribution in [0.15, 0.2) is 15.4 Å². The third-order valence-electron chi connectivity index (χ3n) is 2.73. The van der Waals surface area contributed by atoms with E-state index in [-0.39, 0.29) is 0 Å². The highest BCUT2D eigenvalue weighted by molar-refractivity contribution is 7.90. The van der Waals surface area contributed by atoms with Gasteiger partial charge in [-0.3, -0.25) is 0 Å². The second-order valence-corrected chi connectivity index (χ2v) is 5.31. The zero-order valence-electron chi connectivity index (χ0n) is 9.46. The first-order chi connectivity index (χ1) is 6.81. The van der Waals surface area contributed by atoms with Crippen molar-refractivity contribution >= 4 is 16.7 Å². The van der Waals surface area contributed by atoms with E-state index in [0.29, 0.717) is 4.90 Å². The minimum Gasteiger partial charge on any atom is -0.199 e. The largest absolute Gasteiger partial charge is 0.282 e. The van der Waals surface area contributed by atoms with E-state index < -0.39 is 10.0 Å². The van der Waals surface area contributed by atoms with E-state index in [1.807, 2.05) is 19.9 Å². The molecule has 1 rings (SSSR count). The second kappa shape index (κ2) is 3.77. The lowest BCUT2D eigenvalue weighted by atomic mass is 10.0. The van der Waals surface area contributed by atoms with Gasteiger partial charge in [0, 0.05) is 6.72 Å². The number of aryl methyl sites for hydroxylation is 2. The summed E-state index contributed by atoms with van der Waals surface area (Å²) in [7, 11) is -3.59. The van der Waals surface area contributed by atoms with Crippen molar-refractivity contribution in [3.05, 3.63) is 28.3 Å². The molecular weight excluding hydrogens is 210 g/mol. The summed E-state index contributed by atoms with van der Waals surface area (Å²) in [6.07, 6.45) is 0. The van der Waals surface area contributed by atoms with E-state index in [9.17, 15) is 8.42 Å². The molecule has 0 aliphatic rings. The summed E-state index contributed by atoms with van der Waals surface area (Å²) in [5.74, 6) is 0. The SMILES string of the molecule is C=NS(=O)(=O)c1c(C)c(C)cc(C)c1C. The predicted molar refractivity (Wildman–Crippen MR) is 62.1 cm³/mol. The van der Waals surface area contributed by atoms with Gasteiger partial charge >= 0.3 is 0 Å². The van der Waals surface area contributed by atoms with Crippen molar-refractivity contribution in [1.82, 2.24) is 0 Å². The van der Waals surface area contributed by atoms with Gasteiger partial charge in [-0.05, 0) is 49.9 Å². The van der Waals surface area contributed by atoms with Crippen LogP contribution >= 0.6 is 0 Å². The standard InChI is InChI=1S/C11H15NO2S/c1-7-6-8(2)10(4)11(9(7)3)15(13,14)12-5/h6H,5H2,1-4H3. The molecule has 0 amide bonds. The Morgan fingerprint density at radius 3 is 1.80 bits per heavy atom. The Morgan fingerprint density at radius 1 is 1.07 bits per heavy atom. The van der Waals surface area contributed by atoms with Gasteiger partial charge in [-0.15, -0.1) is 0 Å². The van der Waals surface area contributed by atoms with Gasteiger partial charge < -0.3 is 0 Å². The zero-order chi connectivity index (χ0) is 11.8. The summed E-state index contributed by atoms with van der Waals surface area (Å²) in [4.78, 5) is 0.301. The Bertz CT molecular complexity index is 490. The van der Waals surface area contributed by atoms with Crippen molar-refractivity contribution in [2.24, 2.45) is 4.40 Å². The van der Waals surface area contributed by atoms with Gasteiger partial charge in [0.2, 0.25) is 0 Å². The van der Waals surface area contributed by atoms with Gasteiger partial charge in [0.1, 0.15) is 0 Å². The number of benzene rings is 1. The fourth-order valence-corrected chi connectivity index (χ4v) is 2.86. The van der Waals surface area contributed by atoms with Gasteiger partial charge in [-0.1, -0.05) is 6.07 Å². The number of sulfonamides is 1. The average Bonchev–Trinajstić information content (AvgIpc) is 2.15. The Balaban J connectivity index is 3.76. The highest BCUT2D eigenvalue weighted by Gasteiger charge is 2.19. The van der Waals surface area contributed by atoms with Crippen molar-refractivity contribution in [1.29, 1.82) is 0 Å². The van der Waals surface area contributed by atoms with Gasteiger partial charge in [0.25, 0.3) is 10.0 Å². The smallest absolute Gasteiger partial charge is 0.199 e. The van der Waals surface area contributed by atoms with Gasteiger partial charge in [0.05, 0.1) is 4.90 Å². The molecule has 0 atom stereocenters. The van der Waals surface area contributed by atoms with Crippen LogP contribution in [-0.2, 0) is 10.0 Å². The molecule has 0 N–H and O–H groups in total. The first-order valence-electron chi connectivity index (χ1n) is 4.61. The maximum atomic E-state index is 11.7. The maximum absolute atomic E-state index is 11.7. The molecule has 1 aromatic carbocycles. The van der Waals surface area contributed by atoms with Crippen LogP contribution in [0.3, 0.4) is 0 Å². The monoisotopic (exact) mass is 225 g/mol. The van der Waals surface area contributed by atoms with E-state index in [0.717, 1.165) is 22.3 Å². The Hall–Kier alpha value is -1.16. The molecule has 82 valence electrons. The molecular formula is C11H15NO2S. The molecule has 0 bridgehead atoms. The molecule has 3 nitrogen and oxygen atoms in total. The molecule has 4 heteroatoms. The Kier molecular flexibility index (Phi) is 3.00. The third-order valence-corrected chi connectivity index (χ3v) is 4.19. The van der Waals surface area contributed by atoms with E-state index in [1.165, 1.54) is 0 Å². The van der Waals surface area contributed by atoms with Crippen molar-refractivity contribution in [2.45, 2.75) is 32.6 Å². The summed E-state index contributed by atoms with van der Waals surface area (Å²) in [6.45, 7) is 10.5. The molecule has 0 radical (unpaired) electrons. The molecule has 0 aliphatic carbocycles. The van der Waals surface area contributed by atoms with Crippen LogP contribution < -0.4 is 0 Å². The molecule has 0 spiro atoms. The van der Waals surface area contributed by atoms with Crippen LogP contribution in [0.2, 0.25) is 0 Å². The lowest BCUT2D eigenvalue weighted by Gasteiger charge is -2.12. The van der Waals surface area contributed by atoms with Crippen LogP contribution in [0.5, 0.6) is 0 Å². The fraction of sp³-hybridized carbons (Fsp3) is 0.364. The number of hydrogen-bond acceptors (Lipinski definition) is 2. The molecule has 0 heterocycles. The van der Waals surface area contributed by atoms with Crippen molar-refractivity contribution < 1.29 is 8.42 Å². The van der Waals surface area contributed by atoms with Gasteiger partial charge in [0.15, 0.2) is 0 Å².